The van der Waals surface area contributed by atoms with Crippen LogP contribution in [-0.4, -0.2) is 94.9 Å². The second-order valence-electron chi connectivity index (χ2n) is 9.14. The predicted octanol–water partition coefficient (Wildman–Crippen LogP) is -0.572. The molecule has 5 N–H and O–H groups in total. The van der Waals surface area contributed by atoms with Crippen molar-refractivity contribution in [1.29, 1.82) is 0 Å². The van der Waals surface area contributed by atoms with E-state index in [9.17, 15) is 29.7 Å². The van der Waals surface area contributed by atoms with Gasteiger partial charge in [0, 0.05) is 6.54 Å². The minimum atomic E-state index is -1.76. The summed E-state index contributed by atoms with van der Waals surface area (Å²) in [6, 6.07) is -1.57. The van der Waals surface area contributed by atoms with Gasteiger partial charge in [-0.2, -0.15) is 0 Å². The highest BCUT2D eigenvalue weighted by Crippen LogP contribution is 2.24. The summed E-state index contributed by atoms with van der Waals surface area (Å²) in [5.41, 5.74) is -1.63. The van der Waals surface area contributed by atoms with Gasteiger partial charge in [0.05, 0.1) is 7.11 Å². The molecular weight excluding hydrogens is 416 g/mol. The average molecular weight is 450 g/mol. The summed E-state index contributed by atoms with van der Waals surface area (Å²) in [4.78, 5) is 36.3. The number of hydrogen-bond acceptors (Lipinski definition) is 10. The highest BCUT2D eigenvalue weighted by atomic mass is 16.6. The van der Waals surface area contributed by atoms with Crippen LogP contribution in [0.3, 0.4) is 0 Å². The van der Waals surface area contributed by atoms with Gasteiger partial charge in [0.15, 0.2) is 6.04 Å². The van der Waals surface area contributed by atoms with E-state index in [4.69, 9.17) is 14.2 Å². The van der Waals surface area contributed by atoms with Gasteiger partial charge in [-0.05, 0) is 41.5 Å². The van der Waals surface area contributed by atoms with E-state index in [1.54, 1.807) is 41.5 Å². The van der Waals surface area contributed by atoms with Crippen molar-refractivity contribution < 1.29 is 48.7 Å². The number of nitrogens with one attached hydrogen (secondary N) is 2. The first-order valence-electron chi connectivity index (χ1n) is 9.79. The number of carbonyl (C=O) groups excluding carboxylic acids is 3. The number of rotatable bonds is 5. The predicted molar refractivity (Wildman–Crippen MR) is 106 cm³/mol. The van der Waals surface area contributed by atoms with Gasteiger partial charge >= 0.3 is 18.2 Å². The first-order chi connectivity index (χ1) is 14.1. The third kappa shape index (κ3) is 8.48. The van der Waals surface area contributed by atoms with Crippen molar-refractivity contribution >= 4 is 18.2 Å². The van der Waals surface area contributed by atoms with E-state index in [1.165, 1.54) is 0 Å². The fourth-order valence-corrected chi connectivity index (χ4v) is 2.76. The minimum Gasteiger partial charge on any atom is -0.467 e. The molecule has 12 nitrogen and oxygen atoms in total. The summed E-state index contributed by atoms with van der Waals surface area (Å²) in [6.45, 7) is 9.53. The molecule has 12 heteroatoms. The molecule has 31 heavy (non-hydrogen) atoms. The van der Waals surface area contributed by atoms with Gasteiger partial charge in [-0.25, -0.2) is 14.4 Å². The normalized spacial score (nSPS) is 27.6. The van der Waals surface area contributed by atoms with Crippen molar-refractivity contribution in [3.63, 3.8) is 0 Å². The Balaban J connectivity index is 2.98. The Kier molecular flexibility index (Phi) is 9.06. The Hall–Kier alpha value is -2.15. The molecule has 1 saturated heterocycles. The molecular formula is C19H34N2O10. The molecule has 6 atom stereocenters. The summed E-state index contributed by atoms with van der Waals surface area (Å²) < 4.78 is 20.4. The number of carbonyl (C=O) groups is 3. The second-order valence-corrected chi connectivity index (χ2v) is 9.14. The maximum Gasteiger partial charge on any atom is 0.408 e. The largest absolute Gasteiger partial charge is 0.467 e. The van der Waals surface area contributed by atoms with Crippen LogP contribution in [0.5, 0.6) is 0 Å². The maximum absolute atomic E-state index is 12.3. The molecule has 0 aliphatic carbocycles. The van der Waals surface area contributed by atoms with Gasteiger partial charge < -0.3 is 44.9 Å². The molecule has 1 heterocycles. The Morgan fingerprint density at radius 3 is 1.90 bits per heavy atom. The third-order valence-electron chi connectivity index (χ3n) is 4.05. The summed E-state index contributed by atoms with van der Waals surface area (Å²) in [5, 5.41) is 35.5. The molecule has 0 bridgehead atoms. The molecule has 0 aromatic carbocycles. The molecule has 1 fully saturated rings. The zero-order valence-electron chi connectivity index (χ0n) is 18.9. The molecule has 1 aliphatic heterocycles. The lowest BCUT2D eigenvalue weighted by atomic mass is 9.91. The molecule has 1 aliphatic rings. The second kappa shape index (κ2) is 10.4. The number of aliphatic hydroxyl groups excluding tert-OH is 3. The fraction of sp³-hybridized carbons (Fsp3) is 0.842. The number of amides is 2. The molecule has 0 radical (unpaired) electrons. The van der Waals surface area contributed by atoms with Gasteiger partial charge in [0.2, 0.25) is 0 Å². The molecule has 0 spiro atoms. The van der Waals surface area contributed by atoms with E-state index in [1.807, 2.05) is 0 Å². The van der Waals surface area contributed by atoms with Crippen LogP contribution in [0.1, 0.15) is 41.5 Å². The average Bonchev–Trinajstić information content (AvgIpc) is 2.60. The summed E-state index contributed by atoms with van der Waals surface area (Å²) in [7, 11) is 1.06. The number of alkyl carbamates (subject to hydrolysis) is 2. The highest BCUT2D eigenvalue weighted by Gasteiger charge is 2.49. The van der Waals surface area contributed by atoms with E-state index >= 15 is 0 Å². The van der Waals surface area contributed by atoms with Crippen molar-refractivity contribution in [2.45, 2.75) is 89.3 Å². The summed E-state index contributed by atoms with van der Waals surface area (Å²) >= 11 is 0. The highest BCUT2D eigenvalue weighted by molar-refractivity contribution is 5.82. The van der Waals surface area contributed by atoms with E-state index in [0.717, 1.165) is 7.11 Å². The molecule has 2 amide bonds. The number of aliphatic hydroxyl groups is 3. The number of esters is 1. The van der Waals surface area contributed by atoms with Crippen molar-refractivity contribution in [3.05, 3.63) is 0 Å². The Morgan fingerprint density at radius 2 is 1.42 bits per heavy atom. The van der Waals surface area contributed by atoms with E-state index in [0.29, 0.717) is 0 Å². The summed E-state index contributed by atoms with van der Waals surface area (Å²) in [6.07, 6.45) is -9.61. The van der Waals surface area contributed by atoms with Crippen LogP contribution in [0.25, 0.3) is 0 Å². The Bertz CT molecular complexity index is 643. The standard InChI is InChI=1S/C19H34N2O10/c1-18(2,3)30-16(26)20-8-9-11(22)12(23)13(24)14(29-9)10(15(25)28-7)21-17(27)31-19(4,5)6/h9-14,22-24H,8H2,1-7H3,(H,20,26)(H,21,27)/t9?,10-,11-,12+,13?,14+/m1/s1. The number of hydrogen-bond donors (Lipinski definition) is 5. The van der Waals surface area contributed by atoms with Crippen molar-refractivity contribution in [1.82, 2.24) is 10.6 Å². The van der Waals surface area contributed by atoms with Crippen LogP contribution in [0.4, 0.5) is 9.59 Å². The van der Waals surface area contributed by atoms with Crippen LogP contribution in [0.2, 0.25) is 0 Å². The van der Waals surface area contributed by atoms with Crippen molar-refractivity contribution in [2.24, 2.45) is 0 Å². The van der Waals surface area contributed by atoms with Gasteiger partial charge in [-0.15, -0.1) is 0 Å². The monoisotopic (exact) mass is 450 g/mol. The lowest BCUT2D eigenvalue weighted by Gasteiger charge is -2.42. The third-order valence-corrected chi connectivity index (χ3v) is 4.05. The van der Waals surface area contributed by atoms with Crippen LogP contribution < -0.4 is 10.6 Å². The Labute approximate surface area is 181 Å². The first kappa shape index (κ1) is 26.9. The van der Waals surface area contributed by atoms with Gasteiger partial charge in [-0.1, -0.05) is 0 Å². The molecule has 1 rings (SSSR count). The first-order valence-corrected chi connectivity index (χ1v) is 9.79. The molecule has 2 unspecified atom stereocenters. The topological polar surface area (TPSA) is 173 Å². The smallest absolute Gasteiger partial charge is 0.408 e. The van der Waals surface area contributed by atoms with Crippen molar-refractivity contribution in [3.8, 4) is 0 Å². The fourth-order valence-electron chi connectivity index (χ4n) is 2.76. The van der Waals surface area contributed by atoms with Gasteiger partial charge in [0.1, 0.15) is 41.7 Å². The van der Waals surface area contributed by atoms with Crippen molar-refractivity contribution in [2.75, 3.05) is 13.7 Å². The van der Waals surface area contributed by atoms with E-state index in [-0.39, 0.29) is 6.54 Å². The minimum absolute atomic E-state index is 0.309. The molecule has 180 valence electrons. The van der Waals surface area contributed by atoms with Crippen LogP contribution in [-0.2, 0) is 23.7 Å². The van der Waals surface area contributed by atoms with Gasteiger partial charge in [0.25, 0.3) is 0 Å². The molecule has 0 aromatic heterocycles. The van der Waals surface area contributed by atoms with E-state index < -0.39 is 65.9 Å². The van der Waals surface area contributed by atoms with Gasteiger partial charge in [-0.3, -0.25) is 0 Å². The zero-order valence-corrected chi connectivity index (χ0v) is 18.9. The zero-order chi connectivity index (χ0) is 24.1. The summed E-state index contributed by atoms with van der Waals surface area (Å²) in [5.74, 6) is -0.975. The van der Waals surface area contributed by atoms with Crippen LogP contribution >= 0.6 is 0 Å². The quantitative estimate of drug-likeness (QED) is 0.270. The van der Waals surface area contributed by atoms with E-state index in [2.05, 4.69) is 15.4 Å². The number of ether oxygens (including phenoxy) is 4. The SMILES string of the molecule is COC(=O)[C@H](NC(=O)OC(C)(C)C)[C@@H]1OC(CNC(=O)OC(C)(C)C)[C@@H](O)[C@H](O)C1O. The Morgan fingerprint density at radius 1 is 0.903 bits per heavy atom. The van der Waals surface area contributed by atoms with Crippen LogP contribution in [0.15, 0.2) is 0 Å². The number of methoxy groups -OCH3 is 1. The maximum atomic E-state index is 12.3. The lowest BCUT2D eigenvalue weighted by Crippen LogP contribution is -2.66. The van der Waals surface area contributed by atoms with Crippen LogP contribution in [0, 0.1) is 0 Å². The molecule has 0 aromatic rings. The molecule has 0 saturated carbocycles. The lowest BCUT2D eigenvalue weighted by molar-refractivity contribution is -0.228.